The van der Waals surface area contributed by atoms with Gasteiger partial charge in [-0.25, -0.2) is 4.98 Å². The Kier molecular flexibility index (Phi) is 3.88. The molecular formula is C13H15BrN4S. The van der Waals surface area contributed by atoms with Crippen molar-refractivity contribution >= 4 is 27.7 Å². The van der Waals surface area contributed by atoms with Crippen LogP contribution in [0.3, 0.4) is 0 Å². The number of rotatable bonds is 2. The number of aryl methyl sites for hydroxylation is 2. The molecule has 0 spiro atoms. The number of fused-ring (bicyclic) bond motifs is 1. The van der Waals surface area contributed by atoms with Crippen LogP contribution in [0.25, 0.3) is 0 Å². The maximum absolute atomic E-state index is 4.42. The Bertz CT molecular complexity index is 596. The van der Waals surface area contributed by atoms with Crippen molar-refractivity contribution in [3.05, 3.63) is 28.1 Å². The van der Waals surface area contributed by atoms with Gasteiger partial charge in [0.2, 0.25) is 0 Å². The van der Waals surface area contributed by atoms with Gasteiger partial charge in [-0.1, -0.05) is 6.42 Å². The van der Waals surface area contributed by atoms with Crippen molar-refractivity contribution in [3.8, 4) is 0 Å². The zero-order valence-electron chi connectivity index (χ0n) is 10.8. The molecule has 0 aliphatic carbocycles. The second-order valence-electron chi connectivity index (χ2n) is 4.71. The third-order valence-electron chi connectivity index (χ3n) is 3.31. The van der Waals surface area contributed by atoms with E-state index in [0.29, 0.717) is 0 Å². The first-order chi connectivity index (χ1) is 9.25. The van der Waals surface area contributed by atoms with Gasteiger partial charge < -0.3 is 4.57 Å². The van der Waals surface area contributed by atoms with Gasteiger partial charge in [0.05, 0.1) is 4.47 Å². The van der Waals surface area contributed by atoms with Crippen molar-refractivity contribution in [1.82, 2.24) is 19.7 Å². The molecule has 0 saturated heterocycles. The predicted molar refractivity (Wildman–Crippen MR) is 78.4 cm³/mol. The first-order valence-corrected chi connectivity index (χ1v) is 8.07. The lowest BCUT2D eigenvalue weighted by Gasteiger charge is -2.07. The third-order valence-corrected chi connectivity index (χ3v) is 5.56. The van der Waals surface area contributed by atoms with Crippen LogP contribution in [0, 0.1) is 6.92 Å². The summed E-state index contributed by atoms with van der Waals surface area (Å²) in [6.45, 7) is 3.09. The van der Waals surface area contributed by atoms with Crippen LogP contribution in [-0.2, 0) is 13.0 Å². The summed E-state index contributed by atoms with van der Waals surface area (Å²) < 4.78 is 3.29. The molecule has 6 heteroatoms. The Morgan fingerprint density at radius 3 is 3.05 bits per heavy atom. The van der Waals surface area contributed by atoms with E-state index < -0.39 is 0 Å². The van der Waals surface area contributed by atoms with Crippen LogP contribution < -0.4 is 0 Å². The highest BCUT2D eigenvalue weighted by Gasteiger charge is 2.17. The van der Waals surface area contributed by atoms with Crippen LogP contribution in [0.2, 0.25) is 0 Å². The third kappa shape index (κ3) is 2.69. The Morgan fingerprint density at radius 2 is 2.16 bits per heavy atom. The maximum Gasteiger partial charge on any atom is 0.197 e. The van der Waals surface area contributed by atoms with Gasteiger partial charge in [-0.3, -0.25) is 0 Å². The van der Waals surface area contributed by atoms with Crippen molar-refractivity contribution < 1.29 is 0 Å². The van der Waals surface area contributed by atoms with E-state index in [1.54, 1.807) is 11.8 Å². The second-order valence-corrected chi connectivity index (χ2v) is 6.46. The molecule has 1 aliphatic heterocycles. The highest BCUT2D eigenvalue weighted by molar-refractivity contribution is 9.10. The molecule has 0 amide bonds. The van der Waals surface area contributed by atoms with Gasteiger partial charge in [0.15, 0.2) is 5.16 Å². The van der Waals surface area contributed by atoms with E-state index in [0.717, 1.165) is 33.4 Å². The summed E-state index contributed by atoms with van der Waals surface area (Å²) in [5.41, 5.74) is 1.19. The molecule has 100 valence electrons. The molecule has 0 atom stereocenters. The summed E-state index contributed by atoms with van der Waals surface area (Å²) in [7, 11) is 0. The van der Waals surface area contributed by atoms with Crippen LogP contribution >= 0.6 is 27.7 Å². The van der Waals surface area contributed by atoms with E-state index in [1.165, 1.54) is 24.8 Å². The smallest absolute Gasteiger partial charge is 0.197 e. The van der Waals surface area contributed by atoms with Gasteiger partial charge in [0, 0.05) is 19.2 Å². The van der Waals surface area contributed by atoms with Crippen molar-refractivity contribution in [2.75, 3.05) is 0 Å². The summed E-state index contributed by atoms with van der Waals surface area (Å²) in [4.78, 5) is 4.42. The SMILES string of the molecule is Cc1ccnc(Sc2nnc3n2CCCCC3)c1Br. The molecule has 0 bridgehead atoms. The Balaban J connectivity index is 1.91. The molecule has 1 aliphatic rings. The van der Waals surface area contributed by atoms with Crippen molar-refractivity contribution in [3.63, 3.8) is 0 Å². The molecular weight excluding hydrogens is 324 g/mol. The van der Waals surface area contributed by atoms with E-state index in [4.69, 9.17) is 0 Å². The highest BCUT2D eigenvalue weighted by atomic mass is 79.9. The summed E-state index contributed by atoms with van der Waals surface area (Å²) in [5, 5.41) is 10.5. The lowest BCUT2D eigenvalue weighted by molar-refractivity contribution is 0.590. The Hall–Kier alpha value is -0.880. The number of hydrogen-bond acceptors (Lipinski definition) is 4. The van der Waals surface area contributed by atoms with Gasteiger partial charge in [0.25, 0.3) is 0 Å². The van der Waals surface area contributed by atoms with E-state index >= 15 is 0 Å². The van der Waals surface area contributed by atoms with Gasteiger partial charge in [-0.05, 0) is 59.1 Å². The Morgan fingerprint density at radius 1 is 1.26 bits per heavy atom. The highest BCUT2D eigenvalue weighted by Crippen LogP contribution is 2.33. The van der Waals surface area contributed by atoms with E-state index in [1.807, 2.05) is 12.3 Å². The Labute approximate surface area is 125 Å². The first kappa shape index (κ1) is 13.1. The average molecular weight is 339 g/mol. The second kappa shape index (κ2) is 5.63. The van der Waals surface area contributed by atoms with E-state index in [-0.39, 0.29) is 0 Å². The first-order valence-electron chi connectivity index (χ1n) is 6.47. The fourth-order valence-electron chi connectivity index (χ4n) is 2.21. The molecule has 3 rings (SSSR count). The average Bonchev–Trinajstić information content (AvgIpc) is 2.63. The number of halogens is 1. The lowest BCUT2D eigenvalue weighted by atomic mass is 10.2. The monoisotopic (exact) mass is 338 g/mol. The molecule has 4 nitrogen and oxygen atoms in total. The summed E-state index contributed by atoms with van der Waals surface area (Å²) in [6, 6.07) is 2.00. The van der Waals surface area contributed by atoms with Crippen molar-refractivity contribution in [1.29, 1.82) is 0 Å². The fourth-order valence-corrected chi connectivity index (χ4v) is 3.61. The zero-order chi connectivity index (χ0) is 13.2. The van der Waals surface area contributed by atoms with Crippen LogP contribution in [-0.4, -0.2) is 19.7 Å². The molecule has 2 aromatic rings. The van der Waals surface area contributed by atoms with Crippen molar-refractivity contribution in [2.45, 2.75) is 49.3 Å². The zero-order valence-corrected chi connectivity index (χ0v) is 13.2. The lowest BCUT2D eigenvalue weighted by Crippen LogP contribution is -2.02. The molecule has 0 fully saturated rings. The molecule has 0 unspecified atom stereocenters. The minimum atomic E-state index is 0.954. The maximum atomic E-state index is 4.42. The minimum Gasteiger partial charge on any atom is -0.306 e. The number of hydrogen-bond donors (Lipinski definition) is 0. The van der Waals surface area contributed by atoms with E-state index in [9.17, 15) is 0 Å². The quantitative estimate of drug-likeness (QED) is 0.838. The van der Waals surface area contributed by atoms with Crippen molar-refractivity contribution in [2.24, 2.45) is 0 Å². The largest absolute Gasteiger partial charge is 0.306 e. The van der Waals surface area contributed by atoms with Gasteiger partial charge in [0.1, 0.15) is 10.9 Å². The number of aromatic nitrogens is 4. The summed E-state index contributed by atoms with van der Waals surface area (Å²) in [6.07, 6.45) is 6.58. The van der Waals surface area contributed by atoms with Gasteiger partial charge >= 0.3 is 0 Å². The summed E-state index contributed by atoms with van der Waals surface area (Å²) in [5.74, 6) is 1.11. The van der Waals surface area contributed by atoms with Crippen LogP contribution in [0.15, 0.2) is 26.9 Å². The minimum absolute atomic E-state index is 0.954. The van der Waals surface area contributed by atoms with Gasteiger partial charge in [-0.2, -0.15) is 0 Å². The van der Waals surface area contributed by atoms with E-state index in [2.05, 4.69) is 42.6 Å². The van der Waals surface area contributed by atoms with Gasteiger partial charge in [-0.15, -0.1) is 10.2 Å². The number of nitrogens with zero attached hydrogens (tertiary/aromatic N) is 4. The fraction of sp³-hybridized carbons (Fsp3) is 0.462. The standard InChI is InChI=1S/C13H15BrN4S/c1-9-6-7-15-12(11(9)14)19-13-17-16-10-5-3-2-4-8-18(10)13/h6-7H,2-5,8H2,1H3. The number of pyridine rings is 1. The topological polar surface area (TPSA) is 43.6 Å². The molecule has 19 heavy (non-hydrogen) atoms. The molecule has 0 radical (unpaired) electrons. The normalized spacial score (nSPS) is 15.1. The summed E-state index contributed by atoms with van der Waals surface area (Å²) >= 11 is 5.19. The molecule has 0 aromatic carbocycles. The van der Waals surface area contributed by atoms with Crippen LogP contribution in [0.5, 0.6) is 0 Å². The molecule has 0 saturated carbocycles. The van der Waals surface area contributed by atoms with Crippen LogP contribution in [0.4, 0.5) is 0 Å². The molecule has 2 aromatic heterocycles. The van der Waals surface area contributed by atoms with Crippen LogP contribution in [0.1, 0.15) is 30.7 Å². The molecule has 3 heterocycles. The predicted octanol–water partition coefficient (Wildman–Crippen LogP) is 3.62. The molecule has 0 N–H and O–H groups in total.